The first-order valence-electron chi connectivity index (χ1n) is 8.93. The van der Waals surface area contributed by atoms with Gasteiger partial charge in [0, 0.05) is 19.2 Å². The number of carbonyl (C=O) groups is 3. The third kappa shape index (κ3) is 3.44. The first-order chi connectivity index (χ1) is 13.5. The van der Waals surface area contributed by atoms with Crippen LogP contribution in [0, 0.1) is 0 Å². The van der Waals surface area contributed by atoms with Crippen LogP contribution in [0.25, 0.3) is 11.0 Å². The fraction of sp³-hybridized carbons (Fsp3) is 0.200. The summed E-state index contributed by atoms with van der Waals surface area (Å²) in [5.74, 6) is -0.903. The molecule has 2 heterocycles. The van der Waals surface area contributed by atoms with Crippen LogP contribution in [0.1, 0.15) is 23.2 Å². The Morgan fingerprint density at radius 2 is 2.04 bits per heavy atom. The van der Waals surface area contributed by atoms with E-state index >= 15 is 0 Å². The van der Waals surface area contributed by atoms with Crippen LogP contribution in [-0.4, -0.2) is 33.3 Å². The number of nitrogens with one attached hydrogen (secondary N) is 3. The summed E-state index contributed by atoms with van der Waals surface area (Å²) in [6, 6.07) is 11.5. The Morgan fingerprint density at radius 1 is 1.21 bits per heavy atom. The minimum atomic E-state index is -0.774. The molecule has 0 spiro atoms. The van der Waals surface area contributed by atoms with Crippen molar-refractivity contribution >= 4 is 40.1 Å². The first kappa shape index (κ1) is 17.7. The van der Waals surface area contributed by atoms with Crippen LogP contribution in [0.15, 0.2) is 48.8 Å². The van der Waals surface area contributed by atoms with E-state index < -0.39 is 6.04 Å². The Labute approximate surface area is 160 Å². The molecule has 3 N–H and O–H groups in total. The topological polar surface area (TPSA) is 105 Å². The van der Waals surface area contributed by atoms with Gasteiger partial charge in [-0.3, -0.25) is 14.4 Å². The van der Waals surface area contributed by atoms with Gasteiger partial charge in [0.15, 0.2) is 0 Å². The second-order valence-corrected chi connectivity index (χ2v) is 6.71. The molecule has 4 rings (SSSR count). The molecule has 3 amide bonds. The summed E-state index contributed by atoms with van der Waals surface area (Å²) < 4.78 is 1.90. The van der Waals surface area contributed by atoms with Crippen LogP contribution >= 0.6 is 0 Å². The number of hydrogen-bond acceptors (Lipinski definition) is 4. The van der Waals surface area contributed by atoms with Crippen molar-refractivity contribution in [1.82, 2.24) is 14.9 Å². The average Bonchev–Trinajstić information content (AvgIpc) is 2.99. The Balaban J connectivity index is 1.39. The molecule has 8 nitrogen and oxygen atoms in total. The minimum Gasteiger partial charge on any atom is -0.340 e. The van der Waals surface area contributed by atoms with Gasteiger partial charge >= 0.3 is 0 Å². The van der Waals surface area contributed by atoms with E-state index in [1.807, 2.05) is 17.7 Å². The Hall–Kier alpha value is -3.68. The van der Waals surface area contributed by atoms with Crippen molar-refractivity contribution in [2.45, 2.75) is 18.9 Å². The molecule has 0 unspecified atom stereocenters. The zero-order valence-electron chi connectivity index (χ0n) is 15.2. The van der Waals surface area contributed by atoms with Gasteiger partial charge in [-0.05, 0) is 36.8 Å². The van der Waals surface area contributed by atoms with E-state index in [1.54, 1.807) is 42.7 Å². The van der Waals surface area contributed by atoms with Gasteiger partial charge in [0.1, 0.15) is 6.04 Å². The number of fused-ring (bicyclic) bond motifs is 2. The normalized spacial score (nSPS) is 16.1. The lowest BCUT2D eigenvalue weighted by Crippen LogP contribution is -2.41. The second kappa shape index (κ2) is 7.15. The van der Waals surface area contributed by atoms with Crippen molar-refractivity contribution < 1.29 is 14.4 Å². The van der Waals surface area contributed by atoms with Crippen LogP contribution in [-0.2, 0) is 16.6 Å². The largest absolute Gasteiger partial charge is 0.340 e. The summed E-state index contributed by atoms with van der Waals surface area (Å²) in [5.41, 5.74) is 3.27. The quantitative estimate of drug-likeness (QED) is 0.647. The van der Waals surface area contributed by atoms with Gasteiger partial charge in [0.2, 0.25) is 11.8 Å². The number of aryl methyl sites for hydroxylation is 1. The van der Waals surface area contributed by atoms with E-state index in [1.165, 1.54) is 0 Å². The van der Waals surface area contributed by atoms with Crippen molar-refractivity contribution in [3.8, 4) is 0 Å². The molecule has 1 aliphatic rings. The number of benzene rings is 2. The molecular weight excluding hydrogens is 358 g/mol. The fourth-order valence-electron chi connectivity index (χ4n) is 3.23. The van der Waals surface area contributed by atoms with E-state index in [-0.39, 0.29) is 30.6 Å². The fourth-order valence-corrected chi connectivity index (χ4v) is 3.23. The highest BCUT2D eigenvalue weighted by molar-refractivity contribution is 6.10. The molecule has 0 saturated carbocycles. The predicted molar refractivity (Wildman–Crippen MR) is 105 cm³/mol. The van der Waals surface area contributed by atoms with Gasteiger partial charge in [0.05, 0.1) is 28.6 Å². The SMILES string of the molecule is Cn1cnc2cc(NC(=O)CC[C@H]3NC(=O)c4ccccc4NC3=O)ccc21. The van der Waals surface area contributed by atoms with Crippen LogP contribution in [0.5, 0.6) is 0 Å². The van der Waals surface area contributed by atoms with E-state index in [2.05, 4.69) is 20.9 Å². The van der Waals surface area contributed by atoms with Crippen molar-refractivity contribution in [3.05, 3.63) is 54.4 Å². The second-order valence-electron chi connectivity index (χ2n) is 6.71. The monoisotopic (exact) mass is 377 g/mol. The third-order valence-electron chi connectivity index (χ3n) is 4.72. The van der Waals surface area contributed by atoms with Gasteiger partial charge in [-0.1, -0.05) is 12.1 Å². The Bertz CT molecular complexity index is 1090. The molecule has 3 aromatic rings. The zero-order valence-corrected chi connectivity index (χ0v) is 15.2. The van der Waals surface area contributed by atoms with E-state index in [9.17, 15) is 14.4 Å². The average molecular weight is 377 g/mol. The van der Waals surface area contributed by atoms with Crippen molar-refractivity contribution in [3.63, 3.8) is 0 Å². The predicted octanol–water partition coefficient (Wildman–Crippen LogP) is 2.04. The highest BCUT2D eigenvalue weighted by Gasteiger charge is 2.27. The summed E-state index contributed by atoms with van der Waals surface area (Å²) in [6.07, 6.45) is 2.00. The van der Waals surface area contributed by atoms with Gasteiger partial charge in [-0.15, -0.1) is 0 Å². The van der Waals surface area contributed by atoms with Crippen LogP contribution in [0.2, 0.25) is 0 Å². The molecule has 0 aliphatic carbocycles. The van der Waals surface area contributed by atoms with Gasteiger partial charge in [-0.2, -0.15) is 0 Å². The number of carbonyl (C=O) groups excluding carboxylic acids is 3. The van der Waals surface area contributed by atoms with Crippen molar-refractivity contribution in [2.24, 2.45) is 7.05 Å². The summed E-state index contributed by atoms with van der Waals surface area (Å²) >= 11 is 0. The molecule has 0 saturated heterocycles. The van der Waals surface area contributed by atoms with Crippen molar-refractivity contribution in [2.75, 3.05) is 10.6 Å². The van der Waals surface area contributed by atoms with Crippen LogP contribution in [0.3, 0.4) is 0 Å². The lowest BCUT2D eigenvalue weighted by Gasteiger charge is -2.14. The standard InChI is InChI=1S/C20H19N5O3/c1-25-11-21-16-10-12(6-8-17(16)25)22-18(26)9-7-15-20(28)23-14-5-3-2-4-13(14)19(27)24-15/h2-6,8,10-11,15H,7,9H2,1H3,(H,22,26)(H,23,28)(H,24,27)/t15-/m1/s1. The van der Waals surface area contributed by atoms with Crippen LogP contribution < -0.4 is 16.0 Å². The maximum atomic E-state index is 12.4. The molecule has 1 aromatic heterocycles. The van der Waals surface area contributed by atoms with Gasteiger partial charge in [0.25, 0.3) is 5.91 Å². The molecule has 0 bridgehead atoms. The third-order valence-corrected chi connectivity index (χ3v) is 4.72. The lowest BCUT2D eigenvalue weighted by molar-refractivity contribution is -0.118. The zero-order chi connectivity index (χ0) is 19.7. The molecule has 0 fully saturated rings. The number of rotatable bonds is 4. The van der Waals surface area contributed by atoms with E-state index in [0.717, 1.165) is 11.0 Å². The molecule has 1 atom stereocenters. The lowest BCUT2D eigenvalue weighted by atomic mass is 10.1. The first-order valence-corrected chi connectivity index (χ1v) is 8.93. The summed E-state index contributed by atoms with van der Waals surface area (Å²) in [4.78, 5) is 41.3. The highest BCUT2D eigenvalue weighted by Crippen LogP contribution is 2.20. The molecule has 28 heavy (non-hydrogen) atoms. The smallest absolute Gasteiger partial charge is 0.254 e. The van der Waals surface area contributed by atoms with Crippen molar-refractivity contribution in [1.29, 1.82) is 0 Å². The number of para-hydroxylation sites is 1. The Morgan fingerprint density at radius 3 is 2.89 bits per heavy atom. The van der Waals surface area contributed by atoms with E-state index in [0.29, 0.717) is 16.9 Å². The highest BCUT2D eigenvalue weighted by atomic mass is 16.2. The number of nitrogens with zero attached hydrogens (tertiary/aromatic N) is 2. The van der Waals surface area contributed by atoms with Crippen LogP contribution in [0.4, 0.5) is 11.4 Å². The molecule has 1 aliphatic heterocycles. The maximum absolute atomic E-state index is 12.4. The Kier molecular flexibility index (Phi) is 4.52. The molecule has 2 aromatic carbocycles. The number of amides is 3. The summed E-state index contributed by atoms with van der Waals surface area (Å²) in [6.45, 7) is 0. The van der Waals surface area contributed by atoms with E-state index in [4.69, 9.17) is 0 Å². The number of aromatic nitrogens is 2. The number of hydrogen-bond donors (Lipinski definition) is 3. The maximum Gasteiger partial charge on any atom is 0.254 e. The molecular formula is C20H19N5O3. The number of imidazole rings is 1. The summed E-state index contributed by atoms with van der Waals surface area (Å²) in [7, 11) is 1.90. The molecule has 0 radical (unpaired) electrons. The molecule has 142 valence electrons. The number of anilines is 2. The van der Waals surface area contributed by atoms with Gasteiger partial charge in [-0.25, -0.2) is 4.98 Å². The summed E-state index contributed by atoms with van der Waals surface area (Å²) in [5, 5.41) is 8.23. The van der Waals surface area contributed by atoms with Gasteiger partial charge < -0.3 is 20.5 Å². The minimum absolute atomic E-state index is 0.0922. The molecule has 8 heteroatoms.